The van der Waals surface area contributed by atoms with E-state index in [1.807, 2.05) is 13.1 Å². The molecule has 1 N–H and O–H groups in total. The number of hydrogen-bond donors (Lipinski definition) is 1. The van der Waals surface area contributed by atoms with Crippen molar-refractivity contribution in [3.05, 3.63) is 18.5 Å². The van der Waals surface area contributed by atoms with E-state index in [2.05, 4.69) is 46.9 Å². The molecule has 0 aliphatic carbocycles. The first-order chi connectivity index (χ1) is 13.3. The van der Waals surface area contributed by atoms with Gasteiger partial charge in [-0.05, 0) is 45.6 Å². The van der Waals surface area contributed by atoms with Gasteiger partial charge < -0.3 is 24.9 Å². The Morgan fingerprint density at radius 3 is 2.56 bits per heavy atom. The predicted octanol–water partition coefficient (Wildman–Crippen LogP) is 0.202. The Labute approximate surface area is 163 Å². The molecule has 0 radical (unpaired) electrons. The highest BCUT2D eigenvalue weighted by atomic mass is 15.4. The zero-order valence-electron chi connectivity index (χ0n) is 16.8. The van der Waals surface area contributed by atoms with Crippen LogP contribution >= 0.6 is 0 Å². The number of aromatic nitrogens is 2. The van der Waals surface area contributed by atoms with Gasteiger partial charge in [-0.3, -0.25) is 4.99 Å². The smallest absolute Gasteiger partial charge is 0.225 e. The molecule has 0 spiro atoms. The molecular formula is C19H34N8. The first-order valence-corrected chi connectivity index (χ1v) is 10.1. The van der Waals surface area contributed by atoms with Crippen molar-refractivity contribution < 1.29 is 0 Å². The largest absolute Gasteiger partial charge is 0.356 e. The van der Waals surface area contributed by atoms with Gasteiger partial charge in [0.25, 0.3) is 0 Å². The topological polar surface area (TPSA) is 63.1 Å². The van der Waals surface area contributed by atoms with Gasteiger partial charge in [-0.2, -0.15) is 0 Å². The van der Waals surface area contributed by atoms with E-state index in [1.54, 1.807) is 12.4 Å². The molecule has 0 atom stereocenters. The van der Waals surface area contributed by atoms with Gasteiger partial charge in [-0.25, -0.2) is 9.97 Å². The Bertz CT molecular complexity index is 570. The van der Waals surface area contributed by atoms with Crippen molar-refractivity contribution in [1.29, 1.82) is 0 Å². The van der Waals surface area contributed by atoms with Gasteiger partial charge in [0.05, 0.1) is 0 Å². The molecule has 3 heterocycles. The Hall–Kier alpha value is -1.93. The fourth-order valence-corrected chi connectivity index (χ4v) is 3.73. The van der Waals surface area contributed by atoms with E-state index in [0.29, 0.717) is 0 Å². The third-order valence-electron chi connectivity index (χ3n) is 5.37. The van der Waals surface area contributed by atoms with Crippen LogP contribution in [0.25, 0.3) is 0 Å². The molecule has 27 heavy (non-hydrogen) atoms. The van der Waals surface area contributed by atoms with Crippen molar-refractivity contribution in [2.24, 2.45) is 4.99 Å². The normalized spacial score (nSPS) is 20.6. The molecule has 0 bridgehead atoms. The van der Waals surface area contributed by atoms with E-state index in [0.717, 1.165) is 57.6 Å². The summed E-state index contributed by atoms with van der Waals surface area (Å²) in [5.41, 5.74) is 0. The van der Waals surface area contributed by atoms with Crippen LogP contribution in [-0.4, -0.2) is 110 Å². The predicted molar refractivity (Wildman–Crippen MR) is 110 cm³/mol. The van der Waals surface area contributed by atoms with Crippen LogP contribution < -0.4 is 10.2 Å². The molecule has 2 aliphatic rings. The average molecular weight is 375 g/mol. The summed E-state index contributed by atoms with van der Waals surface area (Å²) >= 11 is 0. The fourth-order valence-electron chi connectivity index (χ4n) is 3.73. The van der Waals surface area contributed by atoms with E-state index < -0.39 is 0 Å². The van der Waals surface area contributed by atoms with E-state index in [9.17, 15) is 0 Å². The van der Waals surface area contributed by atoms with Crippen molar-refractivity contribution >= 4 is 11.9 Å². The van der Waals surface area contributed by atoms with Crippen LogP contribution in [0.5, 0.6) is 0 Å². The SMILES string of the molecule is CN=C(NCCCN1CCCN(C)CC1)N1CCN(c2ncccn2)CC1. The molecule has 0 aromatic carbocycles. The van der Waals surface area contributed by atoms with Crippen molar-refractivity contribution in [1.82, 2.24) is 30.0 Å². The van der Waals surface area contributed by atoms with Crippen LogP contribution in [0.2, 0.25) is 0 Å². The zero-order chi connectivity index (χ0) is 18.9. The lowest BCUT2D eigenvalue weighted by Crippen LogP contribution is -2.53. The summed E-state index contributed by atoms with van der Waals surface area (Å²) in [6.07, 6.45) is 6.04. The molecule has 2 aliphatic heterocycles. The van der Waals surface area contributed by atoms with Crippen LogP contribution in [0.15, 0.2) is 23.5 Å². The summed E-state index contributed by atoms with van der Waals surface area (Å²) in [4.78, 5) is 22.8. The second-order valence-electron chi connectivity index (χ2n) is 7.35. The number of hydrogen-bond acceptors (Lipinski definition) is 6. The molecule has 3 rings (SSSR count). The maximum absolute atomic E-state index is 4.48. The summed E-state index contributed by atoms with van der Waals surface area (Å²) < 4.78 is 0. The van der Waals surface area contributed by atoms with Gasteiger partial charge in [0.15, 0.2) is 5.96 Å². The fraction of sp³-hybridized carbons (Fsp3) is 0.737. The highest BCUT2D eigenvalue weighted by molar-refractivity contribution is 5.80. The summed E-state index contributed by atoms with van der Waals surface area (Å²) in [5, 5.41) is 3.55. The second kappa shape index (κ2) is 10.4. The van der Waals surface area contributed by atoms with Gasteiger partial charge in [-0.1, -0.05) is 0 Å². The highest BCUT2D eigenvalue weighted by Crippen LogP contribution is 2.09. The molecule has 0 amide bonds. The molecule has 8 heteroatoms. The van der Waals surface area contributed by atoms with Crippen LogP contribution in [0.3, 0.4) is 0 Å². The summed E-state index contributed by atoms with van der Waals surface area (Å²) in [7, 11) is 4.10. The van der Waals surface area contributed by atoms with Gasteiger partial charge >= 0.3 is 0 Å². The lowest BCUT2D eigenvalue weighted by atomic mass is 10.3. The van der Waals surface area contributed by atoms with Crippen LogP contribution in [0.1, 0.15) is 12.8 Å². The Kier molecular flexibility index (Phi) is 7.65. The minimum atomic E-state index is 0.822. The quantitative estimate of drug-likeness (QED) is 0.449. The third-order valence-corrected chi connectivity index (χ3v) is 5.37. The van der Waals surface area contributed by atoms with Crippen molar-refractivity contribution in [2.75, 3.05) is 84.4 Å². The molecule has 2 fully saturated rings. The van der Waals surface area contributed by atoms with Gasteiger partial charge in [-0.15, -0.1) is 0 Å². The van der Waals surface area contributed by atoms with Crippen molar-refractivity contribution in [2.45, 2.75) is 12.8 Å². The lowest BCUT2D eigenvalue weighted by molar-refractivity contribution is 0.273. The minimum Gasteiger partial charge on any atom is -0.356 e. The standard InChI is InChI=1S/C19H34N8/c1-20-18(21-8-4-10-25-11-5-9-24(2)12-13-25)26-14-16-27(17-15-26)19-22-6-3-7-23-19/h3,6-7H,4-5,8-17H2,1-2H3,(H,20,21). The number of nitrogens with zero attached hydrogens (tertiary/aromatic N) is 7. The maximum Gasteiger partial charge on any atom is 0.225 e. The number of likely N-dealkylation sites (N-methyl/N-ethyl adjacent to an activating group) is 1. The molecule has 1 aromatic heterocycles. The molecule has 0 saturated carbocycles. The molecule has 1 aromatic rings. The summed E-state index contributed by atoms with van der Waals surface area (Å²) in [6, 6.07) is 1.86. The lowest BCUT2D eigenvalue weighted by Gasteiger charge is -2.36. The number of guanidine groups is 1. The monoisotopic (exact) mass is 374 g/mol. The van der Waals surface area contributed by atoms with Crippen molar-refractivity contribution in [3.63, 3.8) is 0 Å². The number of aliphatic imine (C=N–C) groups is 1. The highest BCUT2D eigenvalue weighted by Gasteiger charge is 2.21. The van der Waals surface area contributed by atoms with Crippen LogP contribution in [0, 0.1) is 0 Å². The van der Waals surface area contributed by atoms with Gasteiger partial charge in [0.2, 0.25) is 5.95 Å². The van der Waals surface area contributed by atoms with E-state index >= 15 is 0 Å². The molecule has 8 nitrogen and oxygen atoms in total. The number of anilines is 1. The first-order valence-electron chi connectivity index (χ1n) is 10.1. The second-order valence-corrected chi connectivity index (χ2v) is 7.35. The van der Waals surface area contributed by atoms with E-state index in [4.69, 9.17) is 0 Å². The maximum atomic E-state index is 4.48. The number of rotatable bonds is 5. The first kappa shape index (κ1) is 19.8. The zero-order valence-corrected chi connectivity index (χ0v) is 16.8. The number of piperazine rings is 1. The average Bonchev–Trinajstić information content (AvgIpc) is 2.93. The summed E-state index contributed by atoms with van der Waals surface area (Å²) in [5.74, 6) is 1.84. The number of nitrogens with one attached hydrogen (secondary N) is 1. The molecule has 150 valence electrons. The van der Waals surface area contributed by atoms with Gasteiger partial charge in [0, 0.05) is 65.3 Å². The van der Waals surface area contributed by atoms with Crippen LogP contribution in [-0.2, 0) is 0 Å². The Morgan fingerprint density at radius 2 is 1.81 bits per heavy atom. The van der Waals surface area contributed by atoms with Crippen molar-refractivity contribution in [3.8, 4) is 0 Å². The Morgan fingerprint density at radius 1 is 1.04 bits per heavy atom. The Balaban J connectivity index is 1.36. The van der Waals surface area contributed by atoms with Crippen LogP contribution in [0.4, 0.5) is 5.95 Å². The van der Waals surface area contributed by atoms with E-state index in [1.165, 1.54) is 32.6 Å². The molecule has 0 unspecified atom stereocenters. The minimum absolute atomic E-state index is 0.822. The van der Waals surface area contributed by atoms with E-state index in [-0.39, 0.29) is 0 Å². The molecular weight excluding hydrogens is 340 g/mol. The third kappa shape index (κ3) is 6.04. The molecule has 2 saturated heterocycles. The van der Waals surface area contributed by atoms with Gasteiger partial charge in [0.1, 0.15) is 0 Å². The summed E-state index contributed by atoms with van der Waals surface area (Å²) in [6.45, 7) is 10.7.